The predicted molar refractivity (Wildman–Crippen MR) is 101 cm³/mol. The number of ether oxygens (including phenoxy) is 1. The molecule has 0 saturated heterocycles. The molecular weight excluding hydrogens is 399 g/mol. The fourth-order valence-corrected chi connectivity index (χ4v) is 3.89. The Hall–Kier alpha value is -0.660. The number of nitrogens with zero attached hydrogens (tertiary/aromatic N) is 2. The van der Waals surface area contributed by atoms with Crippen LogP contribution in [0.4, 0.5) is 4.79 Å². The van der Waals surface area contributed by atoms with Gasteiger partial charge in [0, 0.05) is 16.6 Å². The average molecular weight is 412 g/mol. The summed E-state index contributed by atoms with van der Waals surface area (Å²) in [6, 6.07) is 8.02. The third kappa shape index (κ3) is 5.16. The zero-order valence-electron chi connectivity index (χ0n) is 12.3. The van der Waals surface area contributed by atoms with Gasteiger partial charge in [-0.05, 0) is 30.9 Å². The Morgan fingerprint density at radius 1 is 1.43 bits per heavy atom. The van der Waals surface area contributed by atoms with Gasteiger partial charge in [-0.3, -0.25) is 0 Å². The molecular formula is C14H13Cl3N2O2S2. The summed E-state index contributed by atoms with van der Waals surface area (Å²) >= 11 is 19.4. The molecule has 0 aliphatic rings. The number of carbonyl (C=O) groups is 1. The van der Waals surface area contributed by atoms with Crippen LogP contribution in [-0.4, -0.2) is 26.5 Å². The smallest absolute Gasteiger partial charge is 0.441 e. The lowest BCUT2D eigenvalue weighted by atomic mass is 10.1. The highest BCUT2D eigenvalue weighted by molar-refractivity contribution is 8.03. The largest absolute Gasteiger partial charge is 0.448 e. The van der Waals surface area contributed by atoms with Gasteiger partial charge in [0.1, 0.15) is 0 Å². The number of alkyl halides is 3. The topological polar surface area (TPSA) is 41.9 Å². The van der Waals surface area contributed by atoms with E-state index in [-0.39, 0.29) is 6.61 Å². The molecule has 1 aromatic heterocycles. The van der Waals surface area contributed by atoms with Crippen molar-refractivity contribution in [3.8, 4) is 0 Å². The Bertz CT molecular complexity index is 728. The second kappa shape index (κ2) is 7.94. The molecule has 0 fully saturated rings. The van der Waals surface area contributed by atoms with Crippen molar-refractivity contribution in [2.45, 2.75) is 17.0 Å². The quantitative estimate of drug-likeness (QED) is 0.269. The molecule has 23 heavy (non-hydrogen) atoms. The number of rotatable bonds is 4. The number of hydrogen-bond donors (Lipinski definition) is 0. The molecule has 0 atom stereocenters. The van der Waals surface area contributed by atoms with Crippen LogP contribution in [0.1, 0.15) is 17.4 Å². The first-order chi connectivity index (χ1) is 10.8. The van der Waals surface area contributed by atoms with Crippen molar-refractivity contribution in [3.63, 3.8) is 0 Å². The van der Waals surface area contributed by atoms with Gasteiger partial charge in [-0.25, -0.2) is 4.79 Å². The minimum Gasteiger partial charge on any atom is -0.448 e. The van der Waals surface area contributed by atoms with Crippen LogP contribution in [0.3, 0.4) is 0 Å². The van der Waals surface area contributed by atoms with Crippen molar-refractivity contribution < 1.29 is 9.53 Å². The van der Waals surface area contributed by atoms with Crippen LogP contribution in [0.2, 0.25) is 0 Å². The van der Waals surface area contributed by atoms with Crippen molar-refractivity contribution in [2.75, 3.05) is 6.61 Å². The lowest BCUT2D eigenvalue weighted by Crippen LogP contribution is -2.23. The normalized spacial score (nSPS) is 12.0. The number of benzene rings is 1. The van der Waals surface area contributed by atoms with Gasteiger partial charge >= 0.3 is 6.09 Å². The highest BCUT2D eigenvalue weighted by atomic mass is 35.6. The van der Waals surface area contributed by atoms with Crippen LogP contribution in [0.5, 0.6) is 0 Å². The van der Waals surface area contributed by atoms with E-state index in [0.29, 0.717) is 11.9 Å². The molecule has 4 nitrogen and oxygen atoms in total. The first-order valence-corrected chi connectivity index (χ1v) is 9.29. The molecule has 1 heterocycles. The first kappa shape index (κ1) is 18.7. The van der Waals surface area contributed by atoms with Crippen molar-refractivity contribution in [3.05, 3.63) is 34.7 Å². The van der Waals surface area contributed by atoms with Gasteiger partial charge in [0.25, 0.3) is 3.12 Å². The molecule has 9 heteroatoms. The zero-order valence-corrected chi connectivity index (χ0v) is 16.2. The second-order valence-corrected chi connectivity index (χ2v) is 9.52. The number of thiophene rings is 1. The SMILES string of the molecule is CCOC(=O)N(N=Cc1sc2ccccc2c1C)SC(Cl)(Cl)Cl. The Morgan fingerprint density at radius 3 is 2.74 bits per heavy atom. The summed E-state index contributed by atoms with van der Waals surface area (Å²) in [5.74, 6) is 0. The maximum Gasteiger partial charge on any atom is 0.441 e. The number of hydrazone groups is 1. The maximum absolute atomic E-state index is 11.9. The fourth-order valence-electron chi connectivity index (χ4n) is 1.81. The molecule has 124 valence electrons. The van der Waals surface area contributed by atoms with Gasteiger partial charge in [-0.15, -0.1) is 15.8 Å². The van der Waals surface area contributed by atoms with Crippen molar-refractivity contribution in [1.29, 1.82) is 0 Å². The summed E-state index contributed by atoms with van der Waals surface area (Å²) in [7, 11) is 0. The lowest BCUT2D eigenvalue weighted by Gasteiger charge is -2.18. The molecule has 2 aromatic rings. The van der Waals surface area contributed by atoms with Crippen molar-refractivity contribution in [1.82, 2.24) is 4.41 Å². The number of carbonyl (C=O) groups excluding carboxylic acids is 1. The van der Waals surface area contributed by atoms with Crippen LogP contribution in [0, 0.1) is 6.92 Å². The number of hydrogen-bond acceptors (Lipinski definition) is 5. The Labute approximate surface area is 157 Å². The molecule has 1 amide bonds. The lowest BCUT2D eigenvalue weighted by molar-refractivity contribution is 0.134. The average Bonchev–Trinajstić information content (AvgIpc) is 2.79. The molecule has 0 unspecified atom stereocenters. The standard InChI is InChI=1S/C14H13Cl3N2O2S2/c1-3-21-13(20)19(23-14(15,16)17)18-8-12-9(2)10-6-4-5-7-11(10)22-12/h4-8H,3H2,1-2H3. The molecule has 2 rings (SSSR count). The number of fused-ring (bicyclic) bond motifs is 1. The van der Waals surface area contributed by atoms with Gasteiger partial charge in [0.15, 0.2) is 0 Å². The molecule has 0 N–H and O–H groups in total. The van der Waals surface area contributed by atoms with E-state index in [1.807, 2.05) is 31.2 Å². The Balaban J connectivity index is 2.27. The summed E-state index contributed by atoms with van der Waals surface area (Å²) < 4.78 is 5.26. The van der Waals surface area contributed by atoms with Crippen LogP contribution in [0.15, 0.2) is 29.4 Å². The van der Waals surface area contributed by atoms with Gasteiger partial charge in [-0.2, -0.15) is 5.10 Å². The molecule has 0 saturated carbocycles. The van der Waals surface area contributed by atoms with Gasteiger partial charge in [0.2, 0.25) is 0 Å². The van der Waals surface area contributed by atoms with E-state index in [0.717, 1.165) is 24.9 Å². The predicted octanol–water partition coefficient (Wildman–Crippen LogP) is 5.98. The van der Waals surface area contributed by atoms with E-state index >= 15 is 0 Å². The van der Waals surface area contributed by atoms with E-state index in [2.05, 4.69) is 5.10 Å². The molecule has 0 bridgehead atoms. The highest BCUT2D eigenvalue weighted by Crippen LogP contribution is 2.41. The van der Waals surface area contributed by atoms with Gasteiger partial charge < -0.3 is 4.74 Å². The minimum absolute atomic E-state index is 0.202. The molecule has 0 aliphatic carbocycles. The number of amides is 1. The van der Waals surface area contributed by atoms with E-state index in [1.54, 1.807) is 24.5 Å². The molecule has 0 spiro atoms. The first-order valence-electron chi connectivity index (χ1n) is 6.56. The van der Waals surface area contributed by atoms with E-state index < -0.39 is 9.22 Å². The summed E-state index contributed by atoms with van der Waals surface area (Å²) in [5.41, 5.74) is 1.08. The highest BCUT2D eigenvalue weighted by Gasteiger charge is 2.29. The van der Waals surface area contributed by atoms with Crippen LogP contribution in [-0.2, 0) is 4.74 Å². The van der Waals surface area contributed by atoms with E-state index in [9.17, 15) is 4.79 Å². The third-order valence-electron chi connectivity index (χ3n) is 2.77. The summed E-state index contributed by atoms with van der Waals surface area (Å²) in [4.78, 5) is 12.8. The van der Waals surface area contributed by atoms with E-state index in [1.165, 1.54) is 0 Å². The monoisotopic (exact) mass is 410 g/mol. The maximum atomic E-state index is 11.9. The van der Waals surface area contributed by atoms with Crippen molar-refractivity contribution >= 4 is 80.5 Å². The number of halogens is 3. The summed E-state index contributed by atoms with van der Waals surface area (Å²) in [6.45, 7) is 3.89. The Morgan fingerprint density at radius 2 is 2.13 bits per heavy atom. The third-order valence-corrected chi connectivity index (χ3v) is 5.23. The molecule has 1 aromatic carbocycles. The fraction of sp³-hybridized carbons (Fsp3) is 0.286. The van der Waals surface area contributed by atoms with Crippen LogP contribution < -0.4 is 0 Å². The summed E-state index contributed by atoms with van der Waals surface area (Å²) in [6.07, 6.45) is 0.874. The van der Waals surface area contributed by atoms with Crippen LogP contribution in [0.25, 0.3) is 10.1 Å². The van der Waals surface area contributed by atoms with Crippen molar-refractivity contribution in [2.24, 2.45) is 5.10 Å². The van der Waals surface area contributed by atoms with Gasteiger partial charge in [-0.1, -0.05) is 53.0 Å². The molecule has 0 aliphatic heterocycles. The van der Waals surface area contributed by atoms with Crippen LogP contribution >= 0.6 is 58.1 Å². The Kier molecular flexibility index (Phi) is 6.45. The molecule has 0 radical (unpaired) electrons. The van der Waals surface area contributed by atoms with E-state index in [4.69, 9.17) is 39.5 Å². The number of aryl methyl sites for hydroxylation is 1. The summed E-state index contributed by atoms with van der Waals surface area (Å²) in [5, 5.41) is 5.26. The second-order valence-electron chi connectivity index (χ2n) is 4.34. The minimum atomic E-state index is -1.72. The van der Waals surface area contributed by atoms with Gasteiger partial charge in [0.05, 0.1) is 17.7 Å². The zero-order chi connectivity index (χ0) is 17.0.